The number of benzene rings is 1. The van der Waals surface area contributed by atoms with E-state index < -0.39 is 24.3 Å². The number of amides is 1. The van der Waals surface area contributed by atoms with E-state index in [2.05, 4.69) is 12.2 Å². The lowest BCUT2D eigenvalue weighted by Crippen LogP contribution is -2.28. The normalized spacial score (nSPS) is 22.3. The van der Waals surface area contributed by atoms with Gasteiger partial charge < -0.3 is 19.7 Å². The lowest BCUT2D eigenvalue weighted by atomic mass is 9.91. The lowest BCUT2D eigenvalue weighted by Gasteiger charge is -2.25. The highest BCUT2D eigenvalue weighted by Gasteiger charge is 2.26. The monoisotopic (exact) mass is 447 g/mol. The number of unbranched alkanes of at least 4 members (excludes halogenated alkanes) is 2. The van der Waals surface area contributed by atoms with E-state index in [1.165, 1.54) is 12.3 Å². The third-order valence-corrected chi connectivity index (χ3v) is 5.82. The molecule has 0 saturated heterocycles. The molecule has 7 heteroatoms. The quantitative estimate of drug-likeness (QED) is 0.408. The molecule has 178 valence electrons. The van der Waals surface area contributed by atoms with Crippen LogP contribution in [-0.2, 0) is 15.9 Å². The molecule has 0 radical (unpaired) electrons. The number of aliphatic hydroxyl groups is 1. The number of carbonyl (C=O) groups excluding carboxylic acids is 2. The van der Waals surface area contributed by atoms with Crippen LogP contribution in [0.25, 0.3) is 0 Å². The molecule has 0 fully saturated rings. The zero-order chi connectivity index (χ0) is 23.3. The molecule has 1 amide bonds. The molecule has 32 heavy (non-hydrogen) atoms. The van der Waals surface area contributed by atoms with Gasteiger partial charge in [-0.3, -0.25) is 5.32 Å². The highest BCUT2D eigenvalue weighted by Crippen LogP contribution is 2.27. The Morgan fingerprint density at radius 1 is 1.31 bits per heavy atom. The number of aromatic hydroxyl groups is 1. The van der Waals surface area contributed by atoms with E-state index in [0.29, 0.717) is 19.4 Å². The van der Waals surface area contributed by atoms with E-state index in [0.717, 1.165) is 44.1 Å². The number of aliphatic hydroxyl groups excluding tert-OH is 1. The average Bonchev–Trinajstić information content (AvgIpc) is 2.76. The topological polar surface area (TPSA) is 105 Å². The summed E-state index contributed by atoms with van der Waals surface area (Å²) in [7, 11) is 0. The van der Waals surface area contributed by atoms with Crippen LogP contribution in [0, 0.1) is 5.92 Å². The Balaban J connectivity index is 2.03. The third kappa shape index (κ3) is 8.54. The van der Waals surface area contributed by atoms with Crippen LogP contribution < -0.4 is 5.32 Å². The van der Waals surface area contributed by atoms with E-state index in [-0.39, 0.29) is 23.7 Å². The number of phenols is 1. The molecule has 1 aliphatic rings. The SMILES string of the molecule is CCCCCOC(=O)NC=CC[C@H]1C[C@@H](O)[C@@H](C)CCCCc2cccc(O)c2C(=O)O1. The van der Waals surface area contributed by atoms with E-state index in [9.17, 15) is 19.8 Å². The van der Waals surface area contributed by atoms with Crippen molar-refractivity contribution in [2.24, 2.45) is 5.92 Å². The highest BCUT2D eigenvalue weighted by atomic mass is 16.5. The first-order valence-corrected chi connectivity index (χ1v) is 11.7. The van der Waals surface area contributed by atoms with Crippen LogP contribution in [0.4, 0.5) is 4.79 Å². The summed E-state index contributed by atoms with van der Waals surface area (Å²) in [6.07, 6.45) is 8.23. The number of hydrogen-bond acceptors (Lipinski definition) is 6. The molecule has 1 aromatic carbocycles. The van der Waals surface area contributed by atoms with Crippen molar-refractivity contribution < 1.29 is 29.3 Å². The first kappa shape index (κ1) is 25.7. The van der Waals surface area contributed by atoms with Gasteiger partial charge in [-0.05, 0) is 43.2 Å². The van der Waals surface area contributed by atoms with Crippen LogP contribution in [-0.4, -0.2) is 41.1 Å². The summed E-state index contributed by atoms with van der Waals surface area (Å²) >= 11 is 0. The fraction of sp³-hybridized carbons (Fsp3) is 0.600. The molecule has 1 aromatic rings. The molecular weight excluding hydrogens is 410 g/mol. The maximum atomic E-state index is 12.9. The number of carbonyl (C=O) groups is 2. The maximum absolute atomic E-state index is 12.9. The highest BCUT2D eigenvalue weighted by molar-refractivity contribution is 5.94. The fourth-order valence-electron chi connectivity index (χ4n) is 3.81. The molecule has 0 bridgehead atoms. The minimum atomic E-state index is -0.610. The maximum Gasteiger partial charge on any atom is 0.411 e. The molecule has 1 aliphatic heterocycles. The first-order valence-electron chi connectivity index (χ1n) is 11.7. The van der Waals surface area contributed by atoms with Gasteiger partial charge in [0.25, 0.3) is 0 Å². The van der Waals surface area contributed by atoms with Crippen molar-refractivity contribution >= 4 is 12.1 Å². The minimum Gasteiger partial charge on any atom is -0.507 e. The van der Waals surface area contributed by atoms with Gasteiger partial charge in [0.15, 0.2) is 0 Å². The van der Waals surface area contributed by atoms with Crippen LogP contribution in [0.1, 0.15) is 81.1 Å². The number of hydrogen-bond donors (Lipinski definition) is 3. The average molecular weight is 448 g/mol. The summed E-state index contributed by atoms with van der Waals surface area (Å²) in [5.74, 6) is -0.611. The van der Waals surface area contributed by atoms with E-state index in [4.69, 9.17) is 9.47 Å². The Morgan fingerprint density at radius 3 is 2.91 bits per heavy atom. The Bertz CT molecular complexity index is 763. The van der Waals surface area contributed by atoms with E-state index >= 15 is 0 Å². The van der Waals surface area contributed by atoms with Gasteiger partial charge in [0.05, 0.1) is 12.7 Å². The summed E-state index contributed by atoms with van der Waals surface area (Å²) in [5.41, 5.74) is 0.962. The molecule has 3 atom stereocenters. The number of phenolic OH excluding ortho intramolecular Hbond substituents is 1. The zero-order valence-corrected chi connectivity index (χ0v) is 19.2. The predicted molar refractivity (Wildman–Crippen MR) is 122 cm³/mol. The van der Waals surface area contributed by atoms with Gasteiger partial charge in [-0.1, -0.05) is 51.3 Å². The van der Waals surface area contributed by atoms with Crippen LogP contribution >= 0.6 is 0 Å². The van der Waals surface area contributed by atoms with Crippen molar-refractivity contribution in [3.8, 4) is 5.75 Å². The number of ether oxygens (including phenoxy) is 2. The van der Waals surface area contributed by atoms with Crippen molar-refractivity contribution in [2.45, 2.75) is 83.8 Å². The van der Waals surface area contributed by atoms with Crippen molar-refractivity contribution in [3.05, 3.63) is 41.6 Å². The number of esters is 1. The van der Waals surface area contributed by atoms with Crippen LogP contribution in [0.15, 0.2) is 30.5 Å². The molecule has 0 aliphatic carbocycles. The molecule has 1 heterocycles. The largest absolute Gasteiger partial charge is 0.507 e. The van der Waals surface area contributed by atoms with Gasteiger partial charge in [0.2, 0.25) is 0 Å². The van der Waals surface area contributed by atoms with Crippen LogP contribution in [0.3, 0.4) is 0 Å². The molecule has 2 rings (SSSR count). The van der Waals surface area contributed by atoms with E-state index in [1.54, 1.807) is 12.1 Å². The Hall–Kier alpha value is -2.54. The van der Waals surface area contributed by atoms with Crippen molar-refractivity contribution in [3.63, 3.8) is 0 Å². The first-order chi connectivity index (χ1) is 15.4. The van der Waals surface area contributed by atoms with Gasteiger partial charge in [0, 0.05) is 19.0 Å². The number of nitrogens with one attached hydrogen (secondary N) is 1. The molecule has 0 aromatic heterocycles. The molecule has 7 nitrogen and oxygen atoms in total. The van der Waals surface area contributed by atoms with Crippen molar-refractivity contribution in [1.82, 2.24) is 5.32 Å². The summed E-state index contributed by atoms with van der Waals surface area (Å²) in [5, 5.41) is 23.4. The Labute approximate surface area is 190 Å². The van der Waals surface area contributed by atoms with Gasteiger partial charge in [-0.25, -0.2) is 9.59 Å². The second kappa shape index (κ2) is 13.8. The summed E-state index contributed by atoms with van der Waals surface area (Å²) in [6.45, 7) is 4.46. The number of alkyl carbamates (subject to hydrolysis) is 1. The number of rotatable bonds is 7. The van der Waals surface area contributed by atoms with Gasteiger partial charge in [0.1, 0.15) is 17.4 Å². The van der Waals surface area contributed by atoms with Crippen LogP contribution in [0.5, 0.6) is 5.75 Å². The molecule has 3 N–H and O–H groups in total. The lowest BCUT2D eigenvalue weighted by molar-refractivity contribution is 0.00529. The number of fused-ring (bicyclic) bond motifs is 1. The molecule has 0 unspecified atom stereocenters. The Kier molecular flexibility index (Phi) is 11.1. The minimum absolute atomic E-state index is 0.0829. The molecular formula is C25H37NO6. The number of aryl methyl sites for hydroxylation is 1. The Morgan fingerprint density at radius 2 is 2.12 bits per heavy atom. The summed E-state index contributed by atoms with van der Waals surface area (Å²) in [4.78, 5) is 24.6. The van der Waals surface area contributed by atoms with Crippen molar-refractivity contribution in [2.75, 3.05) is 6.61 Å². The zero-order valence-electron chi connectivity index (χ0n) is 19.2. The summed E-state index contributed by atoms with van der Waals surface area (Å²) in [6, 6.07) is 5.05. The molecule has 0 saturated carbocycles. The van der Waals surface area contributed by atoms with Gasteiger partial charge in [-0.2, -0.15) is 0 Å². The second-order valence-electron chi connectivity index (χ2n) is 8.49. The molecule has 0 spiro atoms. The number of cyclic esters (lactones) is 1. The smallest absolute Gasteiger partial charge is 0.411 e. The second-order valence-corrected chi connectivity index (χ2v) is 8.49. The predicted octanol–water partition coefficient (Wildman–Crippen LogP) is 4.85. The summed E-state index contributed by atoms with van der Waals surface area (Å²) < 4.78 is 10.8. The standard InChI is InChI=1S/C25H37NO6/c1-3-4-7-16-31-25(30)26-15-9-13-20-17-22(28)18(2)10-5-6-11-19-12-8-14-21(27)23(19)24(29)32-20/h8-9,12,14-15,18,20,22,27-28H,3-7,10-11,13,16-17H2,1-2H3,(H,26,30)/t18-,20-,22+/m0/s1. The van der Waals surface area contributed by atoms with Crippen molar-refractivity contribution in [1.29, 1.82) is 0 Å². The van der Waals surface area contributed by atoms with Crippen LogP contribution in [0.2, 0.25) is 0 Å². The van der Waals surface area contributed by atoms with Gasteiger partial charge >= 0.3 is 12.1 Å². The van der Waals surface area contributed by atoms with E-state index in [1.807, 2.05) is 13.0 Å². The fourth-order valence-corrected chi connectivity index (χ4v) is 3.81. The third-order valence-electron chi connectivity index (χ3n) is 5.82. The van der Waals surface area contributed by atoms with Gasteiger partial charge in [-0.15, -0.1) is 0 Å².